The molecule has 0 amide bonds. The highest BCUT2D eigenvalue weighted by atomic mass is 32.7. The summed E-state index contributed by atoms with van der Waals surface area (Å²) in [5.41, 5.74) is 0. The molecule has 50 heavy (non-hydrogen) atoms. The van der Waals surface area contributed by atoms with Crippen LogP contribution in [0.4, 0.5) is 0 Å². The molecule has 0 saturated carbocycles. The Morgan fingerprint density at radius 2 is 1.04 bits per heavy atom. The van der Waals surface area contributed by atoms with Gasteiger partial charge in [0.05, 0.1) is 26.4 Å². The summed E-state index contributed by atoms with van der Waals surface area (Å²) in [5, 5.41) is 133. The predicted molar refractivity (Wildman–Crippen MR) is 161 cm³/mol. The van der Waals surface area contributed by atoms with Gasteiger partial charge >= 0.3 is 0 Å². The molecule has 4 rings (SSSR count). The molecule has 22 atom stereocenters. The minimum absolute atomic E-state index is 0.815. The standard InChI is InChI=1S/C24H42O22P2S2/c25-1-5-9(28)11(30)15(34)21(41-5)46-20-7(3-27)44-24(18(37)14(20)33)48(39,50)40-4-8-10(29)12(31)16(35)22(42-8)45-19-6(2-26)43-23(47(38)49)17(36)13(19)32/h5-37H,1-4H2,(H,39,50)/p-1/t5-,6-,7-,8-,9+,10+,11+,12+,13-,14-,15-,16-,17+,18+,19-,20-,21+,22+,23-,24-,48?/m1/s1. The van der Waals surface area contributed by atoms with E-state index in [0.717, 1.165) is 0 Å². The maximum Gasteiger partial charge on any atom is 0.262 e. The Hall–Kier alpha value is 0.260. The third kappa shape index (κ3) is 8.87. The second-order valence-corrected chi connectivity index (χ2v) is 17.5. The lowest BCUT2D eigenvalue weighted by Gasteiger charge is -2.50. The van der Waals surface area contributed by atoms with E-state index < -0.39 is 162 Å². The van der Waals surface area contributed by atoms with Gasteiger partial charge in [0.2, 0.25) is 7.00 Å². The Labute approximate surface area is 294 Å². The zero-order chi connectivity index (χ0) is 37.4. The Morgan fingerprint density at radius 3 is 1.52 bits per heavy atom. The van der Waals surface area contributed by atoms with E-state index in [1.165, 1.54) is 0 Å². The van der Waals surface area contributed by atoms with Gasteiger partial charge in [-0.15, -0.1) is 0 Å². The van der Waals surface area contributed by atoms with Crippen molar-refractivity contribution in [3.63, 3.8) is 0 Å². The average molecular weight is 808 g/mol. The van der Waals surface area contributed by atoms with Crippen LogP contribution in [0.1, 0.15) is 0 Å². The van der Waals surface area contributed by atoms with Crippen LogP contribution in [0.15, 0.2) is 0 Å². The van der Waals surface area contributed by atoms with Gasteiger partial charge in [-0.1, -0.05) is 16.4 Å². The van der Waals surface area contributed by atoms with Crippen LogP contribution in [0.2, 0.25) is 0 Å². The molecule has 0 aromatic heterocycles. The van der Waals surface area contributed by atoms with Crippen LogP contribution in [0.5, 0.6) is 0 Å². The summed E-state index contributed by atoms with van der Waals surface area (Å²) in [6.07, 6.45) is -33.1. The van der Waals surface area contributed by atoms with Crippen molar-refractivity contribution in [3.8, 4) is 0 Å². The minimum atomic E-state index is -4.70. The first-order valence-corrected chi connectivity index (χ1v) is 20.1. The molecule has 292 valence electrons. The number of hydrogen-bond donors (Lipinski definition) is 13. The molecule has 0 aromatic rings. The number of rotatable bonds is 12. The molecule has 26 heteroatoms. The number of aliphatic hydroxyl groups is 13. The molecule has 2 unspecified atom stereocenters. The van der Waals surface area contributed by atoms with E-state index in [1.807, 2.05) is 0 Å². The summed E-state index contributed by atoms with van der Waals surface area (Å²) in [4.78, 5) is 13.5. The lowest BCUT2D eigenvalue weighted by atomic mass is 9.97. The average Bonchev–Trinajstić information content (AvgIpc) is 3.08. The van der Waals surface area contributed by atoms with Crippen LogP contribution in [-0.2, 0) is 61.6 Å². The van der Waals surface area contributed by atoms with E-state index in [1.54, 1.807) is 0 Å². The molecule has 0 spiro atoms. The number of hydrogen-bond acceptors (Lipinski definition) is 24. The number of aliphatic hydroxyl groups excluding tert-OH is 13. The van der Waals surface area contributed by atoms with Crippen LogP contribution in [-0.4, -0.2) is 215 Å². The van der Waals surface area contributed by atoms with Crippen LogP contribution in [0.3, 0.4) is 0 Å². The zero-order valence-electron chi connectivity index (χ0n) is 25.6. The van der Waals surface area contributed by atoms with Crippen molar-refractivity contribution in [2.75, 3.05) is 26.4 Å². The van der Waals surface area contributed by atoms with Crippen LogP contribution < -0.4 is 4.89 Å². The largest absolute Gasteiger partial charge is 0.799 e. The van der Waals surface area contributed by atoms with E-state index in [4.69, 9.17) is 44.8 Å². The van der Waals surface area contributed by atoms with Crippen LogP contribution in [0.25, 0.3) is 0 Å². The molecular formula is C24H41O22P2S2-. The molecule has 22 nitrogen and oxygen atoms in total. The van der Waals surface area contributed by atoms with E-state index >= 15 is 0 Å². The zero-order valence-corrected chi connectivity index (χ0v) is 29.0. The molecule has 0 aliphatic carbocycles. The minimum Gasteiger partial charge on any atom is -0.799 e. The molecule has 4 aliphatic rings. The summed E-state index contributed by atoms with van der Waals surface area (Å²) in [5.74, 6) is -3.62. The second kappa shape index (κ2) is 17.8. The molecular weight excluding hydrogens is 766 g/mol. The summed E-state index contributed by atoms with van der Waals surface area (Å²) >= 11 is 9.64. The van der Waals surface area contributed by atoms with Gasteiger partial charge in [-0.3, -0.25) is 0 Å². The van der Waals surface area contributed by atoms with Crippen molar-refractivity contribution < 1.29 is 109 Å². The van der Waals surface area contributed by atoms with Gasteiger partial charge < -0.3 is 116 Å². The summed E-state index contributed by atoms with van der Waals surface area (Å²) < 4.78 is 49.4. The van der Waals surface area contributed by atoms with Gasteiger partial charge in [0, 0.05) is 6.49 Å². The molecule has 0 radical (unpaired) electrons. The van der Waals surface area contributed by atoms with E-state index in [-0.39, 0.29) is 0 Å². The van der Waals surface area contributed by atoms with Crippen molar-refractivity contribution in [2.24, 2.45) is 0 Å². The smallest absolute Gasteiger partial charge is 0.262 e. The fourth-order valence-corrected chi connectivity index (χ4v) is 9.08. The first kappa shape index (κ1) is 43.0. The summed E-state index contributed by atoms with van der Waals surface area (Å²) in [6, 6.07) is 0. The van der Waals surface area contributed by atoms with Crippen molar-refractivity contribution in [1.29, 1.82) is 0 Å². The van der Waals surface area contributed by atoms with Gasteiger partial charge in [-0.2, -0.15) is 0 Å². The predicted octanol–water partition coefficient (Wildman–Crippen LogP) is -8.78. The normalized spacial score (nSPS) is 50.4. The highest BCUT2D eigenvalue weighted by Crippen LogP contribution is 2.50. The lowest BCUT2D eigenvalue weighted by Crippen LogP contribution is -2.65. The third-order valence-corrected chi connectivity index (χ3v) is 12.7. The van der Waals surface area contributed by atoms with Gasteiger partial charge in [-0.05, 0) is 0 Å². The van der Waals surface area contributed by atoms with Gasteiger partial charge in [-0.25, -0.2) is 0 Å². The molecule has 0 aromatic carbocycles. The molecule has 4 fully saturated rings. The fourth-order valence-electron chi connectivity index (χ4n) is 5.81. The highest BCUT2D eigenvalue weighted by molar-refractivity contribution is 8.28. The van der Waals surface area contributed by atoms with Crippen LogP contribution >= 0.6 is 13.5 Å². The summed E-state index contributed by atoms with van der Waals surface area (Å²) in [7, 11) is -2.61. The van der Waals surface area contributed by atoms with Gasteiger partial charge in [0.15, 0.2) is 18.7 Å². The molecule has 13 N–H and O–H groups in total. The molecule has 4 saturated heterocycles. The lowest BCUT2D eigenvalue weighted by molar-refractivity contribution is -0.342. The van der Waals surface area contributed by atoms with E-state index in [9.17, 15) is 75.8 Å². The molecule has 0 bridgehead atoms. The Morgan fingerprint density at radius 1 is 0.600 bits per heavy atom. The third-order valence-electron chi connectivity index (χ3n) is 8.72. The molecule has 4 heterocycles. The van der Waals surface area contributed by atoms with E-state index in [0.29, 0.717) is 0 Å². The highest BCUT2D eigenvalue weighted by Gasteiger charge is 2.54. The van der Waals surface area contributed by atoms with Crippen LogP contribution in [0, 0.1) is 0 Å². The Kier molecular flexibility index (Phi) is 15.3. The quantitative estimate of drug-likeness (QED) is 0.0643. The van der Waals surface area contributed by atoms with Crippen molar-refractivity contribution >= 4 is 37.6 Å². The van der Waals surface area contributed by atoms with Crippen molar-refractivity contribution in [1.82, 2.24) is 0 Å². The Bertz CT molecular complexity index is 1180. The number of ether oxygens (including phenoxy) is 6. The molecule has 4 aliphatic heterocycles. The monoisotopic (exact) mass is 807 g/mol. The van der Waals surface area contributed by atoms with Crippen molar-refractivity contribution in [3.05, 3.63) is 0 Å². The van der Waals surface area contributed by atoms with Gasteiger partial charge in [0.25, 0.3) is 5.85 Å². The first-order chi connectivity index (χ1) is 23.4. The second-order valence-electron chi connectivity index (χ2n) is 12.0. The fraction of sp³-hybridized carbons (Fsp3) is 1.00. The maximum atomic E-state index is 13.5. The van der Waals surface area contributed by atoms with Gasteiger partial charge in [0.1, 0.15) is 97.4 Å². The maximum absolute atomic E-state index is 13.5. The Balaban J connectivity index is 1.43. The SMILES string of the molecule is O=[P+]([S-])[C@H]1O[C@H](CO)[C@@H](O[C@@H]2O[C@H](COP([O-])(=S)[C@H]3O[C@H](CO)[C@@H](O[C@@H]4O[C@H](CO)[C@H](O)[C@H](O)[C@H]4O)[C@H](O)[C@@H]3O)[C@H](O)[C@H](O)[C@H]2O)[C@H](O)[C@@H]1O. The van der Waals surface area contributed by atoms with E-state index in [2.05, 4.69) is 12.2 Å². The van der Waals surface area contributed by atoms with Crippen molar-refractivity contribution in [2.45, 2.75) is 122 Å². The first-order valence-electron chi connectivity index (χ1n) is 15.0. The summed E-state index contributed by atoms with van der Waals surface area (Å²) in [6.45, 7) is -8.31. The topological polar surface area (TPSA) is 368 Å².